The summed E-state index contributed by atoms with van der Waals surface area (Å²) in [7, 11) is 1.65. The smallest absolute Gasteiger partial charge is 0.203 e. The van der Waals surface area contributed by atoms with Crippen molar-refractivity contribution in [1.82, 2.24) is 4.98 Å². The van der Waals surface area contributed by atoms with E-state index in [2.05, 4.69) is 11.1 Å². The van der Waals surface area contributed by atoms with Gasteiger partial charge in [0.1, 0.15) is 0 Å². The molecule has 0 atom stereocenters. The number of fused-ring (bicyclic) bond motifs is 1. The summed E-state index contributed by atoms with van der Waals surface area (Å²) < 4.78 is 17.1. The van der Waals surface area contributed by atoms with E-state index in [-0.39, 0.29) is 0 Å². The Bertz CT molecular complexity index is 598. The van der Waals surface area contributed by atoms with E-state index in [4.69, 9.17) is 14.2 Å². The lowest BCUT2D eigenvalue weighted by Gasteiger charge is -2.15. The van der Waals surface area contributed by atoms with Crippen molar-refractivity contribution < 1.29 is 14.2 Å². The Hall–Kier alpha value is -2.23. The Balaban J connectivity index is 1.85. The van der Waals surface area contributed by atoms with Gasteiger partial charge in [-0.1, -0.05) is 6.07 Å². The zero-order valence-corrected chi connectivity index (χ0v) is 12.2. The molecule has 0 radical (unpaired) electrons. The standard InChI is InChI=1S/C17H19NO3/c1-19-15-6-5-14(4-3-13-7-9-18-10-8-13)16-17(15)21-12-2-11-20-16/h5-10H,2-4,11-12H2,1H3. The second-order valence-electron chi connectivity index (χ2n) is 4.99. The van der Waals surface area contributed by atoms with E-state index in [0.29, 0.717) is 13.2 Å². The Morgan fingerprint density at radius 2 is 1.76 bits per heavy atom. The first-order chi connectivity index (χ1) is 10.4. The summed E-state index contributed by atoms with van der Waals surface area (Å²) in [6, 6.07) is 8.10. The quantitative estimate of drug-likeness (QED) is 0.865. The molecule has 0 spiro atoms. The van der Waals surface area contributed by atoms with Gasteiger partial charge >= 0.3 is 0 Å². The monoisotopic (exact) mass is 285 g/mol. The number of aryl methyl sites for hydroxylation is 2. The first kappa shape index (κ1) is 13.7. The largest absolute Gasteiger partial charge is 0.493 e. The van der Waals surface area contributed by atoms with Crippen molar-refractivity contribution >= 4 is 0 Å². The van der Waals surface area contributed by atoms with Gasteiger partial charge in [-0.3, -0.25) is 4.98 Å². The van der Waals surface area contributed by atoms with E-state index in [1.165, 1.54) is 5.56 Å². The van der Waals surface area contributed by atoms with Crippen LogP contribution in [0.5, 0.6) is 17.2 Å². The molecule has 0 aliphatic carbocycles. The Morgan fingerprint density at radius 3 is 2.52 bits per heavy atom. The van der Waals surface area contributed by atoms with Crippen molar-refractivity contribution in [2.75, 3.05) is 20.3 Å². The van der Waals surface area contributed by atoms with E-state index < -0.39 is 0 Å². The average Bonchev–Trinajstić information content (AvgIpc) is 2.79. The highest BCUT2D eigenvalue weighted by molar-refractivity contribution is 5.56. The number of hydrogen-bond acceptors (Lipinski definition) is 4. The molecule has 21 heavy (non-hydrogen) atoms. The highest BCUT2D eigenvalue weighted by Gasteiger charge is 2.19. The number of pyridine rings is 1. The number of methoxy groups -OCH3 is 1. The Morgan fingerprint density at radius 1 is 1.00 bits per heavy atom. The van der Waals surface area contributed by atoms with Crippen LogP contribution in [-0.2, 0) is 12.8 Å². The molecular weight excluding hydrogens is 266 g/mol. The van der Waals surface area contributed by atoms with Gasteiger partial charge in [0.15, 0.2) is 11.5 Å². The van der Waals surface area contributed by atoms with E-state index >= 15 is 0 Å². The summed E-state index contributed by atoms with van der Waals surface area (Å²) in [5.41, 5.74) is 2.42. The summed E-state index contributed by atoms with van der Waals surface area (Å²) in [6.07, 6.45) is 6.39. The molecule has 4 nitrogen and oxygen atoms in total. The summed E-state index contributed by atoms with van der Waals surface area (Å²) in [5, 5.41) is 0. The summed E-state index contributed by atoms with van der Waals surface area (Å²) in [5.74, 6) is 2.31. The van der Waals surface area contributed by atoms with Crippen molar-refractivity contribution in [2.45, 2.75) is 19.3 Å². The van der Waals surface area contributed by atoms with Gasteiger partial charge in [-0.15, -0.1) is 0 Å². The van der Waals surface area contributed by atoms with Crippen LogP contribution in [0.15, 0.2) is 36.7 Å². The fraction of sp³-hybridized carbons (Fsp3) is 0.353. The minimum atomic E-state index is 0.664. The van der Waals surface area contributed by atoms with E-state index in [1.54, 1.807) is 7.11 Å². The molecule has 2 heterocycles. The normalized spacial score (nSPS) is 13.6. The van der Waals surface area contributed by atoms with Crippen LogP contribution < -0.4 is 14.2 Å². The topological polar surface area (TPSA) is 40.6 Å². The Kier molecular flexibility index (Phi) is 4.24. The van der Waals surface area contributed by atoms with Crippen LogP contribution in [0.3, 0.4) is 0 Å². The van der Waals surface area contributed by atoms with Crippen molar-refractivity contribution in [3.05, 3.63) is 47.8 Å². The second kappa shape index (κ2) is 6.48. The van der Waals surface area contributed by atoms with Gasteiger partial charge in [-0.2, -0.15) is 0 Å². The van der Waals surface area contributed by atoms with Crippen LogP contribution in [0, 0.1) is 0 Å². The second-order valence-corrected chi connectivity index (χ2v) is 4.99. The predicted molar refractivity (Wildman–Crippen MR) is 80.2 cm³/mol. The van der Waals surface area contributed by atoms with Gasteiger partial charge in [0.2, 0.25) is 5.75 Å². The molecule has 2 aromatic rings. The zero-order valence-electron chi connectivity index (χ0n) is 12.2. The van der Waals surface area contributed by atoms with Crippen LogP contribution in [0.25, 0.3) is 0 Å². The molecule has 0 unspecified atom stereocenters. The molecule has 3 rings (SSSR count). The predicted octanol–water partition coefficient (Wildman–Crippen LogP) is 3.04. The number of hydrogen-bond donors (Lipinski definition) is 0. The minimum Gasteiger partial charge on any atom is -0.493 e. The van der Waals surface area contributed by atoms with Crippen molar-refractivity contribution in [3.63, 3.8) is 0 Å². The number of aromatic nitrogens is 1. The van der Waals surface area contributed by atoms with Crippen LogP contribution >= 0.6 is 0 Å². The fourth-order valence-corrected chi connectivity index (χ4v) is 2.47. The third kappa shape index (κ3) is 3.10. The first-order valence-corrected chi connectivity index (χ1v) is 7.23. The lowest BCUT2D eigenvalue weighted by atomic mass is 10.0. The van der Waals surface area contributed by atoms with E-state index in [1.807, 2.05) is 30.6 Å². The maximum atomic E-state index is 5.89. The van der Waals surface area contributed by atoms with Crippen LogP contribution in [0.2, 0.25) is 0 Å². The number of benzene rings is 1. The van der Waals surface area contributed by atoms with Gasteiger partial charge in [-0.25, -0.2) is 0 Å². The molecule has 1 aromatic heterocycles. The van der Waals surface area contributed by atoms with Gasteiger partial charge in [-0.05, 0) is 42.2 Å². The number of nitrogens with zero attached hydrogens (tertiary/aromatic N) is 1. The zero-order chi connectivity index (χ0) is 14.5. The van der Waals surface area contributed by atoms with Gasteiger partial charge < -0.3 is 14.2 Å². The molecule has 0 saturated heterocycles. The number of ether oxygens (including phenoxy) is 3. The molecule has 1 aromatic carbocycles. The Labute approximate surface area is 124 Å². The molecular formula is C17H19NO3. The third-order valence-electron chi connectivity index (χ3n) is 3.59. The molecule has 1 aliphatic heterocycles. The van der Waals surface area contributed by atoms with Crippen molar-refractivity contribution in [1.29, 1.82) is 0 Å². The van der Waals surface area contributed by atoms with Gasteiger partial charge in [0.25, 0.3) is 0 Å². The van der Waals surface area contributed by atoms with E-state index in [0.717, 1.165) is 42.1 Å². The lowest BCUT2D eigenvalue weighted by molar-refractivity contribution is 0.289. The molecule has 4 heteroatoms. The van der Waals surface area contributed by atoms with Gasteiger partial charge in [0, 0.05) is 18.8 Å². The molecule has 0 N–H and O–H groups in total. The highest BCUT2D eigenvalue weighted by atomic mass is 16.5. The molecule has 0 fully saturated rings. The van der Waals surface area contributed by atoms with Crippen LogP contribution in [0.1, 0.15) is 17.5 Å². The molecule has 0 bridgehead atoms. The summed E-state index contributed by atoms with van der Waals surface area (Å²) >= 11 is 0. The first-order valence-electron chi connectivity index (χ1n) is 7.23. The minimum absolute atomic E-state index is 0.664. The van der Waals surface area contributed by atoms with Crippen LogP contribution in [0.4, 0.5) is 0 Å². The molecule has 110 valence electrons. The maximum absolute atomic E-state index is 5.89. The fourth-order valence-electron chi connectivity index (χ4n) is 2.47. The summed E-state index contributed by atoms with van der Waals surface area (Å²) in [4.78, 5) is 4.04. The van der Waals surface area contributed by atoms with Crippen molar-refractivity contribution in [3.8, 4) is 17.2 Å². The number of rotatable bonds is 4. The summed E-state index contributed by atoms with van der Waals surface area (Å²) in [6.45, 7) is 1.35. The average molecular weight is 285 g/mol. The van der Waals surface area contributed by atoms with Gasteiger partial charge in [0.05, 0.1) is 20.3 Å². The highest BCUT2D eigenvalue weighted by Crippen LogP contribution is 2.41. The maximum Gasteiger partial charge on any atom is 0.203 e. The molecule has 1 aliphatic rings. The lowest BCUT2D eigenvalue weighted by Crippen LogP contribution is -2.00. The molecule has 0 amide bonds. The van der Waals surface area contributed by atoms with Crippen LogP contribution in [-0.4, -0.2) is 25.3 Å². The SMILES string of the molecule is COc1ccc(CCc2ccncc2)c2c1OCCCO2. The molecule has 0 saturated carbocycles. The van der Waals surface area contributed by atoms with E-state index in [9.17, 15) is 0 Å². The third-order valence-corrected chi connectivity index (χ3v) is 3.59. The van der Waals surface area contributed by atoms with Crippen molar-refractivity contribution in [2.24, 2.45) is 0 Å².